The maximum Gasteiger partial charge on any atom is 0.227 e. The van der Waals surface area contributed by atoms with E-state index in [-0.39, 0.29) is 5.91 Å². The predicted molar refractivity (Wildman–Crippen MR) is 120 cm³/mol. The number of thiophene rings is 1. The van der Waals surface area contributed by atoms with Gasteiger partial charge < -0.3 is 14.6 Å². The van der Waals surface area contributed by atoms with Crippen LogP contribution in [0.1, 0.15) is 23.4 Å². The molecule has 0 saturated carbocycles. The third-order valence-corrected chi connectivity index (χ3v) is 5.40. The van der Waals surface area contributed by atoms with E-state index in [1.807, 2.05) is 71.4 Å². The molecule has 2 aromatic carbocycles. The van der Waals surface area contributed by atoms with Crippen LogP contribution in [0.4, 0.5) is 0 Å². The minimum Gasteiger partial charge on any atom is -0.489 e. The van der Waals surface area contributed by atoms with Gasteiger partial charge >= 0.3 is 0 Å². The number of rotatable bonds is 10. The van der Waals surface area contributed by atoms with Gasteiger partial charge in [0.2, 0.25) is 17.6 Å². The number of nitrogens with zero attached hydrogens (tertiary/aromatic N) is 2. The van der Waals surface area contributed by atoms with Crippen LogP contribution in [0.25, 0.3) is 11.4 Å². The van der Waals surface area contributed by atoms with Crippen molar-refractivity contribution in [3.05, 3.63) is 88.4 Å². The van der Waals surface area contributed by atoms with E-state index in [0.29, 0.717) is 37.7 Å². The molecule has 2 aromatic heterocycles. The highest BCUT2D eigenvalue weighted by Gasteiger charge is 2.10. The second-order valence-electron chi connectivity index (χ2n) is 7.04. The highest BCUT2D eigenvalue weighted by atomic mass is 32.1. The maximum absolute atomic E-state index is 12.1. The number of hydrogen-bond acceptors (Lipinski definition) is 6. The highest BCUT2D eigenvalue weighted by Crippen LogP contribution is 2.19. The van der Waals surface area contributed by atoms with Crippen LogP contribution in [0.5, 0.6) is 5.75 Å². The van der Waals surface area contributed by atoms with Crippen molar-refractivity contribution in [2.45, 2.75) is 25.9 Å². The van der Waals surface area contributed by atoms with Crippen molar-refractivity contribution in [1.82, 2.24) is 15.5 Å². The lowest BCUT2D eigenvalue weighted by molar-refractivity contribution is -0.121. The smallest absolute Gasteiger partial charge is 0.227 e. The van der Waals surface area contributed by atoms with Crippen LogP contribution in [-0.4, -0.2) is 22.6 Å². The van der Waals surface area contributed by atoms with Crippen molar-refractivity contribution >= 4 is 17.2 Å². The lowest BCUT2D eigenvalue weighted by Gasteiger charge is -2.08. The summed E-state index contributed by atoms with van der Waals surface area (Å²) in [7, 11) is 0. The van der Waals surface area contributed by atoms with Crippen LogP contribution in [-0.2, 0) is 24.2 Å². The van der Waals surface area contributed by atoms with Gasteiger partial charge in [-0.15, -0.1) is 0 Å². The number of aryl methyl sites for hydroxylation is 1. The zero-order valence-corrected chi connectivity index (χ0v) is 17.8. The maximum atomic E-state index is 12.1. The summed E-state index contributed by atoms with van der Waals surface area (Å²) < 4.78 is 11.0. The fraction of sp³-hybridized carbons (Fsp3) is 0.208. The number of aromatic nitrogens is 2. The minimum absolute atomic E-state index is 0.0295. The number of nitrogens with one attached hydrogen (secondary N) is 1. The second kappa shape index (κ2) is 10.5. The number of amides is 1. The molecular weight excluding hydrogens is 410 g/mol. The number of benzene rings is 2. The van der Waals surface area contributed by atoms with E-state index >= 15 is 0 Å². The number of ether oxygens (including phenoxy) is 1. The molecule has 2 heterocycles. The first kappa shape index (κ1) is 20.8. The molecule has 0 aliphatic rings. The standard InChI is InChI=1S/C24H23N3O3S/c28-22(10-11-23-26-24(27-30-23)20-13-15-31-17-20)25-14-12-18-6-8-21(9-7-18)29-16-19-4-2-1-3-5-19/h1-9,13,15,17H,10-12,14,16H2,(H,25,28). The quantitative estimate of drug-likeness (QED) is 0.393. The van der Waals surface area contributed by atoms with Crippen LogP contribution in [0.15, 0.2) is 75.9 Å². The van der Waals surface area contributed by atoms with Gasteiger partial charge in [0.1, 0.15) is 12.4 Å². The van der Waals surface area contributed by atoms with Gasteiger partial charge in [-0.05, 0) is 41.1 Å². The number of hydrogen-bond donors (Lipinski definition) is 1. The Morgan fingerprint density at radius 3 is 2.61 bits per heavy atom. The van der Waals surface area contributed by atoms with Gasteiger partial charge in [0, 0.05) is 30.3 Å². The molecular formula is C24H23N3O3S. The molecule has 0 unspecified atom stereocenters. The normalized spacial score (nSPS) is 10.7. The van der Waals surface area contributed by atoms with Gasteiger partial charge in [0.15, 0.2) is 0 Å². The lowest BCUT2D eigenvalue weighted by atomic mass is 10.1. The molecule has 31 heavy (non-hydrogen) atoms. The second-order valence-corrected chi connectivity index (χ2v) is 7.82. The molecule has 0 bridgehead atoms. The van der Waals surface area contributed by atoms with Gasteiger partial charge in [-0.2, -0.15) is 16.3 Å². The number of carbonyl (C=O) groups excluding carboxylic acids is 1. The summed E-state index contributed by atoms with van der Waals surface area (Å²) in [4.78, 5) is 16.4. The molecule has 6 nitrogen and oxygen atoms in total. The van der Waals surface area contributed by atoms with E-state index in [1.165, 1.54) is 0 Å². The Hall–Kier alpha value is -3.45. The van der Waals surface area contributed by atoms with Crippen molar-refractivity contribution in [3.8, 4) is 17.1 Å². The average molecular weight is 434 g/mol. The van der Waals surface area contributed by atoms with E-state index in [2.05, 4.69) is 15.5 Å². The molecule has 0 aliphatic heterocycles. The monoisotopic (exact) mass is 433 g/mol. The average Bonchev–Trinajstić information content (AvgIpc) is 3.50. The third-order valence-electron chi connectivity index (χ3n) is 4.72. The zero-order valence-electron chi connectivity index (χ0n) is 17.0. The fourth-order valence-corrected chi connectivity index (χ4v) is 3.65. The van der Waals surface area contributed by atoms with Gasteiger partial charge in [0.05, 0.1) is 0 Å². The Bertz CT molecular complexity index is 1080. The zero-order chi connectivity index (χ0) is 21.3. The molecule has 158 valence electrons. The van der Waals surface area contributed by atoms with Crippen molar-refractivity contribution in [3.63, 3.8) is 0 Å². The van der Waals surface area contributed by atoms with Crippen molar-refractivity contribution in [1.29, 1.82) is 0 Å². The summed E-state index contributed by atoms with van der Waals surface area (Å²) in [6.45, 7) is 1.12. The fourth-order valence-electron chi connectivity index (χ4n) is 3.01. The van der Waals surface area contributed by atoms with Crippen LogP contribution in [0, 0.1) is 0 Å². The summed E-state index contributed by atoms with van der Waals surface area (Å²) in [5.41, 5.74) is 3.21. The minimum atomic E-state index is -0.0295. The molecule has 4 rings (SSSR count). The van der Waals surface area contributed by atoms with Crippen molar-refractivity contribution in [2.75, 3.05) is 6.54 Å². The Balaban J connectivity index is 1.15. The first-order valence-corrected chi connectivity index (χ1v) is 11.1. The van der Waals surface area contributed by atoms with Crippen LogP contribution < -0.4 is 10.1 Å². The van der Waals surface area contributed by atoms with E-state index < -0.39 is 0 Å². The largest absolute Gasteiger partial charge is 0.489 e. The van der Waals surface area contributed by atoms with Crippen LogP contribution in [0.3, 0.4) is 0 Å². The lowest BCUT2D eigenvalue weighted by Crippen LogP contribution is -2.25. The summed E-state index contributed by atoms with van der Waals surface area (Å²) in [5, 5.41) is 10.8. The van der Waals surface area contributed by atoms with E-state index in [4.69, 9.17) is 9.26 Å². The molecule has 0 atom stereocenters. The molecule has 1 amide bonds. The Labute approximate surface area is 184 Å². The van der Waals surface area contributed by atoms with Crippen molar-refractivity contribution in [2.24, 2.45) is 0 Å². The Morgan fingerprint density at radius 2 is 1.84 bits per heavy atom. The first-order chi connectivity index (χ1) is 15.3. The Morgan fingerprint density at radius 1 is 1.00 bits per heavy atom. The molecule has 1 N–H and O–H groups in total. The molecule has 0 radical (unpaired) electrons. The third kappa shape index (κ3) is 6.26. The van der Waals surface area contributed by atoms with E-state index in [0.717, 1.165) is 28.9 Å². The molecule has 0 fully saturated rings. The first-order valence-electron chi connectivity index (χ1n) is 10.1. The van der Waals surface area contributed by atoms with Gasteiger partial charge in [-0.3, -0.25) is 4.79 Å². The molecule has 4 aromatic rings. The van der Waals surface area contributed by atoms with Crippen LogP contribution in [0.2, 0.25) is 0 Å². The van der Waals surface area contributed by atoms with Crippen molar-refractivity contribution < 1.29 is 14.1 Å². The van der Waals surface area contributed by atoms with Gasteiger partial charge in [0.25, 0.3) is 0 Å². The summed E-state index contributed by atoms with van der Waals surface area (Å²) in [6, 6.07) is 20.0. The van der Waals surface area contributed by atoms with Gasteiger partial charge in [-0.1, -0.05) is 47.6 Å². The van der Waals surface area contributed by atoms with E-state index in [1.54, 1.807) is 11.3 Å². The summed E-state index contributed by atoms with van der Waals surface area (Å²) in [5.74, 6) is 1.84. The summed E-state index contributed by atoms with van der Waals surface area (Å²) in [6.07, 6.45) is 1.50. The van der Waals surface area contributed by atoms with E-state index in [9.17, 15) is 4.79 Å². The predicted octanol–water partition coefficient (Wildman–Crippen LogP) is 4.67. The molecule has 7 heteroatoms. The Kier molecular flexibility index (Phi) is 7.08. The molecule has 0 spiro atoms. The molecule has 0 saturated heterocycles. The number of carbonyl (C=O) groups is 1. The SMILES string of the molecule is O=C(CCc1nc(-c2ccsc2)no1)NCCc1ccc(OCc2ccccc2)cc1. The molecule has 0 aliphatic carbocycles. The topological polar surface area (TPSA) is 77.2 Å². The van der Waals surface area contributed by atoms with Gasteiger partial charge in [-0.25, -0.2) is 0 Å². The highest BCUT2D eigenvalue weighted by molar-refractivity contribution is 7.08. The summed E-state index contributed by atoms with van der Waals surface area (Å²) >= 11 is 1.58. The van der Waals surface area contributed by atoms with Crippen LogP contribution >= 0.6 is 11.3 Å².